The number of thioether (sulfide) groups is 1. The quantitative estimate of drug-likeness (QED) is 0.795. The molecule has 4 heteroatoms. The molecular weight excluding hydrogens is 273 g/mol. The van der Waals surface area contributed by atoms with Crippen LogP contribution in [-0.4, -0.2) is 18.8 Å². The molecule has 1 aromatic rings. The highest BCUT2D eigenvalue weighted by Crippen LogP contribution is 2.25. The Bertz CT molecular complexity index is 344. The van der Waals surface area contributed by atoms with Crippen molar-refractivity contribution in [2.24, 2.45) is 5.92 Å². The lowest BCUT2D eigenvalue weighted by atomic mass is 10.2. The van der Waals surface area contributed by atoms with Crippen LogP contribution >= 0.6 is 35.0 Å². The maximum Gasteiger partial charge on any atom is 0.0461 e. The summed E-state index contributed by atoms with van der Waals surface area (Å²) in [4.78, 5) is 0. The average molecular weight is 292 g/mol. The zero-order valence-electron chi connectivity index (χ0n) is 10.3. The monoisotopic (exact) mass is 291 g/mol. The maximum absolute atomic E-state index is 6.12. The van der Waals surface area contributed by atoms with Crippen LogP contribution < -0.4 is 5.32 Å². The summed E-state index contributed by atoms with van der Waals surface area (Å²) in [6.07, 6.45) is 0. The van der Waals surface area contributed by atoms with Gasteiger partial charge in [-0.15, -0.1) is 0 Å². The largest absolute Gasteiger partial charge is 0.317 e. The third kappa shape index (κ3) is 6.01. The van der Waals surface area contributed by atoms with Gasteiger partial charge in [-0.1, -0.05) is 43.1 Å². The highest BCUT2D eigenvalue weighted by molar-refractivity contribution is 7.98. The molecular formula is C13H19Cl2NS. The Morgan fingerprint density at radius 2 is 2.12 bits per heavy atom. The van der Waals surface area contributed by atoms with Crippen LogP contribution in [0.3, 0.4) is 0 Å². The Hall–Kier alpha value is 0.110. The van der Waals surface area contributed by atoms with E-state index in [9.17, 15) is 0 Å². The van der Waals surface area contributed by atoms with Gasteiger partial charge in [0.15, 0.2) is 0 Å². The van der Waals surface area contributed by atoms with Crippen molar-refractivity contribution in [1.29, 1.82) is 0 Å². The summed E-state index contributed by atoms with van der Waals surface area (Å²) in [5, 5.41) is 4.82. The van der Waals surface area contributed by atoms with Gasteiger partial charge in [0.1, 0.15) is 0 Å². The Balaban J connectivity index is 2.30. The highest BCUT2D eigenvalue weighted by Gasteiger charge is 2.04. The molecule has 1 rings (SSSR count). The number of benzene rings is 1. The van der Waals surface area contributed by atoms with Gasteiger partial charge in [0, 0.05) is 15.8 Å². The average Bonchev–Trinajstić information content (AvgIpc) is 2.29. The van der Waals surface area contributed by atoms with E-state index in [4.69, 9.17) is 23.2 Å². The van der Waals surface area contributed by atoms with Gasteiger partial charge in [0.05, 0.1) is 0 Å². The molecule has 0 fully saturated rings. The second-order valence-corrected chi connectivity index (χ2v) is 6.04. The summed E-state index contributed by atoms with van der Waals surface area (Å²) < 4.78 is 0. The molecule has 0 saturated carbocycles. The SMILES string of the molecule is CCNCC(C)CSCc1ccc(Cl)cc1Cl. The van der Waals surface area contributed by atoms with Gasteiger partial charge < -0.3 is 5.32 Å². The Morgan fingerprint density at radius 3 is 2.76 bits per heavy atom. The van der Waals surface area contributed by atoms with Crippen LogP contribution in [0.4, 0.5) is 0 Å². The molecule has 0 heterocycles. The standard InChI is InChI=1S/C13H19Cl2NS/c1-3-16-7-10(2)8-17-9-11-4-5-12(14)6-13(11)15/h4-6,10,16H,3,7-9H2,1-2H3. The number of hydrogen-bond donors (Lipinski definition) is 1. The van der Waals surface area contributed by atoms with Gasteiger partial charge in [0.25, 0.3) is 0 Å². The first-order chi connectivity index (χ1) is 8.13. The van der Waals surface area contributed by atoms with E-state index in [1.807, 2.05) is 23.9 Å². The molecule has 0 aliphatic heterocycles. The molecule has 96 valence electrons. The van der Waals surface area contributed by atoms with Crippen LogP contribution in [0.15, 0.2) is 18.2 Å². The molecule has 0 aromatic heterocycles. The van der Waals surface area contributed by atoms with Crippen LogP contribution in [-0.2, 0) is 5.75 Å². The fourth-order valence-corrected chi connectivity index (χ4v) is 3.12. The van der Waals surface area contributed by atoms with Gasteiger partial charge in [-0.2, -0.15) is 11.8 Å². The first kappa shape index (κ1) is 15.2. The van der Waals surface area contributed by atoms with Crippen LogP contribution in [0.5, 0.6) is 0 Å². The predicted octanol–water partition coefficient (Wildman–Crippen LogP) is 4.47. The number of hydrogen-bond acceptors (Lipinski definition) is 2. The van der Waals surface area contributed by atoms with Crippen molar-refractivity contribution in [2.45, 2.75) is 19.6 Å². The molecule has 17 heavy (non-hydrogen) atoms. The van der Waals surface area contributed by atoms with Crippen molar-refractivity contribution in [3.8, 4) is 0 Å². The fourth-order valence-electron chi connectivity index (χ4n) is 1.46. The van der Waals surface area contributed by atoms with Gasteiger partial charge in [-0.05, 0) is 42.5 Å². The molecule has 0 aliphatic carbocycles. The fraction of sp³-hybridized carbons (Fsp3) is 0.538. The van der Waals surface area contributed by atoms with Gasteiger partial charge in [-0.25, -0.2) is 0 Å². The second-order valence-electron chi connectivity index (χ2n) is 4.16. The van der Waals surface area contributed by atoms with Crippen LogP contribution in [0.2, 0.25) is 10.0 Å². The lowest BCUT2D eigenvalue weighted by molar-refractivity contribution is 0.574. The lowest BCUT2D eigenvalue weighted by Gasteiger charge is -2.11. The van der Waals surface area contributed by atoms with E-state index in [0.29, 0.717) is 10.9 Å². The molecule has 0 bridgehead atoms. The van der Waals surface area contributed by atoms with E-state index in [2.05, 4.69) is 19.2 Å². The van der Waals surface area contributed by atoms with Crippen molar-refractivity contribution in [3.05, 3.63) is 33.8 Å². The highest BCUT2D eigenvalue weighted by atomic mass is 35.5. The van der Waals surface area contributed by atoms with Gasteiger partial charge in [-0.3, -0.25) is 0 Å². The van der Waals surface area contributed by atoms with E-state index in [1.165, 1.54) is 0 Å². The lowest BCUT2D eigenvalue weighted by Crippen LogP contribution is -2.21. The number of rotatable bonds is 7. The number of nitrogens with one attached hydrogen (secondary N) is 1. The summed E-state index contributed by atoms with van der Waals surface area (Å²) in [7, 11) is 0. The van der Waals surface area contributed by atoms with Crippen molar-refractivity contribution in [3.63, 3.8) is 0 Å². The summed E-state index contributed by atoms with van der Waals surface area (Å²) in [5.41, 5.74) is 1.16. The van der Waals surface area contributed by atoms with Crippen molar-refractivity contribution >= 4 is 35.0 Å². The molecule has 1 N–H and O–H groups in total. The minimum absolute atomic E-state index is 0.686. The van der Waals surface area contributed by atoms with E-state index >= 15 is 0 Å². The molecule has 0 amide bonds. The molecule has 0 spiro atoms. The maximum atomic E-state index is 6.12. The molecule has 1 unspecified atom stereocenters. The molecule has 1 aromatic carbocycles. The molecule has 0 saturated heterocycles. The Morgan fingerprint density at radius 1 is 1.35 bits per heavy atom. The van der Waals surface area contributed by atoms with Crippen molar-refractivity contribution in [1.82, 2.24) is 5.32 Å². The molecule has 1 nitrogen and oxygen atoms in total. The van der Waals surface area contributed by atoms with Gasteiger partial charge in [0.2, 0.25) is 0 Å². The van der Waals surface area contributed by atoms with E-state index in [1.54, 1.807) is 6.07 Å². The second kappa shape index (κ2) is 8.25. The van der Waals surface area contributed by atoms with Gasteiger partial charge >= 0.3 is 0 Å². The van der Waals surface area contributed by atoms with E-state index in [-0.39, 0.29) is 0 Å². The van der Waals surface area contributed by atoms with E-state index in [0.717, 1.165) is 35.2 Å². The summed E-state index contributed by atoms with van der Waals surface area (Å²) >= 11 is 13.9. The van der Waals surface area contributed by atoms with Crippen LogP contribution in [0.25, 0.3) is 0 Å². The first-order valence-electron chi connectivity index (χ1n) is 5.85. The predicted molar refractivity (Wildman–Crippen MR) is 80.3 cm³/mol. The first-order valence-corrected chi connectivity index (χ1v) is 7.77. The topological polar surface area (TPSA) is 12.0 Å². The van der Waals surface area contributed by atoms with Crippen molar-refractivity contribution < 1.29 is 0 Å². The molecule has 0 radical (unpaired) electrons. The normalized spacial score (nSPS) is 12.7. The summed E-state index contributed by atoms with van der Waals surface area (Å²) in [6, 6.07) is 5.71. The molecule has 1 atom stereocenters. The van der Waals surface area contributed by atoms with Crippen molar-refractivity contribution in [2.75, 3.05) is 18.8 Å². The molecule has 0 aliphatic rings. The number of halogens is 2. The minimum Gasteiger partial charge on any atom is -0.317 e. The third-order valence-electron chi connectivity index (χ3n) is 2.42. The summed E-state index contributed by atoms with van der Waals surface area (Å²) in [5.74, 6) is 2.78. The van der Waals surface area contributed by atoms with Crippen LogP contribution in [0.1, 0.15) is 19.4 Å². The Kier molecular flexibility index (Phi) is 7.36. The summed E-state index contributed by atoms with van der Waals surface area (Å²) in [6.45, 7) is 6.52. The zero-order valence-corrected chi connectivity index (χ0v) is 12.6. The third-order valence-corrected chi connectivity index (χ3v) is 4.32. The minimum atomic E-state index is 0.686. The smallest absolute Gasteiger partial charge is 0.0461 e. The Labute approximate surface area is 118 Å². The zero-order chi connectivity index (χ0) is 12.7. The van der Waals surface area contributed by atoms with Crippen LogP contribution in [0, 0.1) is 5.92 Å². The van der Waals surface area contributed by atoms with E-state index < -0.39 is 0 Å².